The zero-order valence-corrected chi connectivity index (χ0v) is 16.7. The highest BCUT2D eigenvalue weighted by molar-refractivity contribution is 5.69. The maximum Gasteiger partial charge on any atom is 0.410 e. The second kappa shape index (κ2) is 7.40. The van der Waals surface area contributed by atoms with Gasteiger partial charge in [-0.1, -0.05) is 55.5 Å². The van der Waals surface area contributed by atoms with Crippen molar-refractivity contribution in [2.24, 2.45) is 17.8 Å². The van der Waals surface area contributed by atoms with E-state index in [9.17, 15) is 4.79 Å². The molecule has 28 heavy (non-hydrogen) atoms. The van der Waals surface area contributed by atoms with E-state index in [0.29, 0.717) is 11.8 Å². The Morgan fingerprint density at radius 1 is 1.07 bits per heavy atom. The minimum atomic E-state index is -0.117. The first-order valence-corrected chi connectivity index (χ1v) is 10.8. The Bertz CT molecular complexity index is 794. The topological polar surface area (TPSA) is 32.8 Å². The maximum absolute atomic E-state index is 13.4. The maximum atomic E-state index is 13.4. The molecule has 4 heterocycles. The van der Waals surface area contributed by atoms with E-state index in [0.717, 1.165) is 45.4 Å². The fourth-order valence-electron chi connectivity index (χ4n) is 5.59. The van der Waals surface area contributed by atoms with E-state index in [1.54, 1.807) is 0 Å². The van der Waals surface area contributed by atoms with Gasteiger partial charge in [0.05, 0.1) is 6.04 Å². The molecule has 1 aliphatic carbocycles. The Morgan fingerprint density at radius 2 is 1.86 bits per heavy atom. The largest absolute Gasteiger partial charge is 0.444 e. The number of fused-ring (bicyclic) bond motifs is 4. The van der Waals surface area contributed by atoms with E-state index in [4.69, 9.17) is 4.74 Å². The number of amides is 1. The first-order chi connectivity index (χ1) is 13.7. The Morgan fingerprint density at radius 3 is 2.61 bits per heavy atom. The highest BCUT2D eigenvalue weighted by Crippen LogP contribution is 2.41. The van der Waals surface area contributed by atoms with Gasteiger partial charge in [0.1, 0.15) is 6.10 Å². The van der Waals surface area contributed by atoms with E-state index in [2.05, 4.69) is 60.4 Å². The molecule has 0 saturated carbocycles. The van der Waals surface area contributed by atoms with Crippen LogP contribution in [0.1, 0.15) is 36.9 Å². The molecule has 1 aromatic rings. The summed E-state index contributed by atoms with van der Waals surface area (Å²) in [7, 11) is 0. The predicted molar refractivity (Wildman–Crippen MR) is 110 cm³/mol. The third-order valence-corrected chi connectivity index (χ3v) is 7.25. The molecule has 0 spiro atoms. The predicted octanol–water partition coefficient (Wildman–Crippen LogP) is 4.19. The normalized spacial score (nSPS) is 36.2. The molecule has 4 heteroatoms. The van der Waals surface area contributed by atoms with Crippen LogP contribution in [0, 0.1) is 17.8 Å². The molecule has 4 nitrogen and oxygen atoms in total. The summed E-state index contributed by atoms with van der Waals surface area (Å²) in [6, 6.07) is 8.67. The van der Waals surface area contributed by atoms with Crippen LogP contribution in [0.2, 0.25) is 0 Å². The molecule has 6 rings (SSSR count). The van der Waals surface area contributed by atoms with Crippen LogP contribution in [0.25, 0.3) is 0 Å². The zero-order valence-electron chi connectivity index (χ0n) is 16.7. The highest BCUT2D eigenvalue weighted by Gasteiger charge is 2.41. The third kappa shape index (κ3) is 3.18. The number of carbonyl (C=O) groups excluding carboxylic acids is 1. The number of hydrogen-bond donors (Lipinski definition) is 0. The Kier molecular flexibility index (Phi) is 4.75. The molecule has 4 aliphatic heterocycles. The van der Waals surface area contributed by atoms with Crippen molar-refractivity contribution in [1.29, 1.82) is 0 Å². The van der Waals surface area contributed by atoms with Crippen LogP contribution in [0.5, 0.6) is 0 Å². The van der Waals surface area contributed by atoms with Gasteiger partial charge in [0.15, 0.2) is 0 Å². The van der Waals surface area contributed by atoms with Crippen LogP contribution in [-0.4, -0.2) is 48.2 Å². The molecule has 0 radical (unpaired) electrons. The molecule has 4 atom stereocenters. The van der Waals surface area contributed by atoms with Crippen LogP contribution in [-0.2, 0) is 11.2 Å². The number of carbonyl (C=O) groups is 1. The van der Waals surface area contributed by atoms with E-state index in [1.807, 2.05) is 4.90 Å². The molecule has 0 aromatic heterocycles. The SMILES string of the molecule is CC1C=CC=CC1[C@H]1c2ccccc2CCN1C(=O)O[C@H]1CN2CCC1CC2. The first-order valence-electron chi connectivity index (χ1n) is 10.8. The number of allylic oxidation sites excluding steroid dienone is 3. The third-order valence-electron chi connectivity index (χ3n) is 7.25. The van der Waals surface area contributed by atoms with E-state index in [1.165, 1.54) is 11.1 Å². The van der Waals surface area contributed by atoms with Gasteiger partial charge in [-0.2, -0.15) is 0 Å². The fraction of sp³-hybridized carbons (Fsp3) is 0.542. The van der Waals surface area contributed by atoms with Gasteiger partial charge in [0.2, 0.25) is 0 Å². The van der Waals surface area contributed by atoms with Crippen LogP contribution in [0.4, 0.5) is 4.79 Å². The van der Waals surface area contributed by atoms with Crippen LogP contribution in [0.3, 0.4) is 0 Å². The Labute approximate surface area is 167 Å². The highest BCUT2D eigenvalue weighted by atomic mass is 16.6. The molecule has 3 fully saturated rings. The quantitative estimate of drug-likeness (QED) is 0.773. The number of nitrogens with zero attached hydrogens (tertiary/aromatic N) is 2. The second-order valence-corrected chi connectivity index (χ2v) is 8.85. The van der Waals surface area contributed by atoms with Gasteiger partial charge in [-0.25, -0.2) is 4.79 Å². The zero-order chi connectivity index (χ0) is 19.1. The number of ether oxygens (including phenoxy) is 1. The van der Waals surface area contributed by atoms with Gasteiger partial charge in [0, 0.05) is 19.0 Å². The van der Waals surface area contributed by atoms with Crippen molar-refractivity contribution in [3.05, 3.63) is 59.7 Å². The van der Waals surface area contributed by atoms with Gasteiger partial charge >= 0.3 is 6.09 Å². The minimum absolute atomic E-state index is 0.0507. The van der Waals surface area contributed by atoms with Crippen molar-refractivity contribution >= 4 is 6.09 Å². The molecule has 1 aromatic carbocycles. The molecule has 2 unspecified atom stereocenters. The van der Waals surface area contributed by atoms with Crippen molar-refractivity contribution in [1.82, 2.24) is 9.80 Å². The summed E-state index contributed by atoms with van der Waals surface area (Å²) >= 11 is 0. The lowest BCUT2D eigenvalue weighted by atomic mass is 9.77. The molecular formula is C24H30N2O2. The Hall–Kier alpha value is -2.07. The molecule has 2 bridgehead atoms. The monoisotopic (exact) mass is 378 g/mol. The van der Waals surface area contributed by atoms with Crippen molar-refractivity contribution in [3.63, 3.8) is 0 Å². The molecule has 5 aliphatic rings. The smallest absolute Gasteiger partial charge is 0.410 e. The standard InChI is InChI=1S/C24H30N2O2/c1-17-6-2-4-8-20(17)23-21-9-5-3-7-18(21)12-15-26(23)24(27)28-22-16-25-13-10-19(22)11-14-25/h2-9,17,19-20,22-23H,10-16H2,1H3/t17?,20?,22-,23-/m0/s1. The molecule has 3 saturated heterocycles. The van der Waals surface area contributed by atoms with E-state index in [-0.39, 0.29) is 24.2 Å². The fourth-order valence-corrected chi connectivity index (χ4v) is 5.59. The van der Waals surface area contributed by atoms with Crippen molar-refractivity contribution in [2.45, 2.75) is 38.3 Å². The van der Waals surface area contributed by atoms with Gasteiger partial charge in [0.25, 0.3) is 0 Å². The van der Waals surface area contributed by atoms with Crippen molar-refractivity contribution in [2.75, 3.05) is 26.2 Å². The van der Waals surface area contributed by atoms with Gasteiger partial charge < -0.3 is 9.64 Å². The average molecular weight is 379 g/mol. The molecule has 1 amide bonds. The first kappa shape index (κ1) is 18.0. The Balaban J connectivity index is 1.41. The lowest BCUT2D eigenvalue weighted by Crippen LogP contribution is -2.54. The number of rotatable bonds is 2. The summed E-state index contributed by atoms with van der Waals surface area (Å²) < 4.78 is 6.14. The van der Waals surface area contributed by atoms with E-state index < -0.39 is 0 Å². The van der Waals surface area contributed by atoms with Gasteiger partial charge in [-0.15, -0.1) is 0 Å². The van der Waals surface area contributed by atoms with Crippen molar-refractivity contribution < 1.29 is 9.53 Å². The lowest BCUT2D eigenvalue weighted by molar-refractivity contribution is -0.0496. The molecule has 0 N–H and O–H groups in total. The number of hydrogen-bond acceptors (Lipinski definition) is 3. The van der Waals surface area contributed by atoms with Crippen molar-refractivity contribution in [3.8, 4) is 0 Å². The molecule has 148 valence electrons. The van der Waals surface area contributed by atoms with Crippen LogP contribution >= 0.6 is 0 Å². The van der Waals surface area contributed by atoms with Crippen LogP contribution < -0.4 is 0 Å². The van der Waals surface area contributed by atoms with Gasteiger partial charge in [-0.05, 0) is 55.3 Å². The summed E-state index contributed by atoms with van der Waals surface area (Å²) in [6.45, 7) is 6.22. The summed E-state index contributed by atoms with van der Waals surface area (Å²) in [5.41, 5.74) is 2.66. The summed E-state index contributed by atoms with van der Waals surface area (Å²) in [6.07, 6.45) is 11.9. The summed E-state index contributed by atoms with van der Waals surface area (Å²) in [5.74, 6) is 1.22. The van der Waals surface area contributed by atoms with Crippen LogP contribution in [0.15, 0.2) is 48.6 Å². The summed E-state index contributed by atoms with van der Waals surface area (Å²) in [4.78, 5) is 17.8. The average Bonchev–Trinajstić information content (AvgIpc) is 2.74. The lowest BCUT2D eigenvalue weighted by Gasteiger charge is -2.46. The number of benzene rings is 1. The minimum Gasteiger partial charge on any atom is -0.444 e. The molecular weight excluding hydrogens is 348 g/mol. The number of piperidine rings is 3. The summed E-state index contributed by atoms with van der Waals surface area (Å²) in [5, 5.41) is 0. The van der Waals surface area contributed by atoms with E-state index >= 15 is 0 Å². The second-order valence-electron chi connectivity index (χ2n) is 8.85. The van der Waals surface area contributed by atoms with Gasteiger partial charge in [-0.3, -0.25) is 4.90 Å².